The van der Waals surface area contributed by atoms with Crippen LogP contribution in [0.25, 0.3) is 11.0 Å². The van der Waals surface area contributed by atoms with Gasteiger partial charge in [-0.15, -0.1) is 6.58 Å². The molecular formula is C29H31N3O3. The van der Waals surface area contributed by atoms with E-state index in [0.29, 0.717) is 31.0 Å². The van der Waals surface area contributed by atoms with Gasteiger partial charge in [-0.3, -0.25) is 4.79 Å². The minimum Gasteiger partial charge on any atom is -0.493 e. The summed E-state index contributed by atoms with van der Waals surface area (Å²) in [7, 11) is 1.65. The number of ether oxygens (including phenoxy) is 2. The number of imidazole rings is 1. The number of aromatic nitrogens is 2. The van der Waals surface area contributed by atoms with E-state index in [1.54, 1.807) is 7.11 Å². The maximum atomic E-state index is 12.3. The zero-order valence-corrected chi connectivity index (χ0v) is 20.1. The molecule has 6 nitrogen and oxygen atoms in total. The van der Waals surface area contributed by atoms with Crippen molar-refractivity contribution in [2.75, 3.05) is 20.3 Å². The Morgan fingerprint density at radius 2 is 1.86 bits per heavy atom. The molecule has 3 aromatic carbocycles. The van der Waals surface area contributed by atoms with Gasteiger partial charge in [0.25, 0.3) is 5.91 Å². The molecule has 0 unspecified atom stereocenters. The highest BCUT2D eigenvalue weighted by molar-refractivity contribution is 5.94. The van der Waals surface area contributed by atoms with Gasteiger partial charge in [0.2, 0.25) is 0 Å². The van der Waals surface area contributed by atoms with Crippen LogP contribution in [-0.4, -0.2) is 35.7 Å². The number of benzene rings is 3. The molecule has 0 spiro atoms. The summed E-state index contributed by atoms with van der Waals surface area (Å²) in [4.78, 5) is 17.1. The number of carbonyl (C=O) groups excluding carboxylic acids is 1. The lowest BCUT2D eigenvalue weighted by Crippen LogP contribution is -2.25. The largest absolute Gasteiger partial charge is 0.493 e. The summed E-state index contributed by atoms with van der Waals surface area (Å²) in [6, 6.07) is 23.3. The van der Waals surface area contributed by atoms with Crippen molar-refractivity contribution in [3.05, 3.63) is 102 Å². The molecule has 6 heteroatoms. The first kappa shape index (κ1) is 24.1. The molecule has 0 saturated carbocycles. The van der Waals surface area contributed by atoms with Crippen LogP contribution in [0.5, 0.6) is 11.5 Å². The van der Waals surface area contributed by atoms with Crippen LogP contribution in [0, 0.1) is 0 Å². The van der Waals surface area contributed by atoms with Crippen LogP contribution in [0.4, 0.5) is 0 Å². The van der Waals surface area contributed by atoms with Gasteiger partial charge in [-0.2, -0.15) is 0 Å². The van der Waals surface area contributed by atoms with Crippen LogP contribution < -0.4 is 14.8 Å². The van der Waals surface area contributed by atoms with Crippen LogP contribution >= 0.6 is 0 Å². The highest BCUT2D eigenvalue weighted by Crippen LogP contribution is 2.28. The zero-order chi connectivity index (χ0) is 24.5. The first-order chi connectivity index (χ1) is 17.2. The van der Waals surface area contributed by atoms with E-state index in [1.807, 2.05) is 72.8 Å². The molecule has 1 aromatic heterocycles. The number of nitrogens with one attached hydrogen (secondary N) is 1. The Morgan fingerprint density at radius 3 is 2.66 bits per heavy atom. The summed E-state index contributed by atoms with van der Waals surface area (Å²) in [6.07, 6.45) is 4.20. The van der Waals surface area contributed by atoms with Gasteiger partial charge in [-0.05, 0) is 54.8 Å². The summed E-state index contributed by atoms with van der Waals surface area (Å²) in [5.74, 6) is 2.36. The van der Waals surface area contributed by atoms with Gasteiger partial charge >= 0.3 is 0 Å². The van der Waals surface area contributed by atoms with E-state index in [4.69, 9.17) is 14.5 Å². The smallest absolute Gasteiger partial charge is 0.251 e. The van der Waals surface area contributed by atoms with Gasteiger partial charge in [0, 0.05) is 18.5 Å². The molecule has 0 atom stereocenters. The Hall–Kier alpha value is -4.06. The number of hydrogen-bond donors (Lipinski definition) is 1. The maximum Gasteiger partial charge on any atom is 0.251 e. The minimum absolute atomic E-state index is 0.0550. The lowest BCUT2D eigenvalue weighted by atomic mass is 10.1. The van der Waals surface area contributed by atoms with Gasteiger partial charge in [0.05, 0.1) is 24.7 Å². The fourth-order valence-corrected chi connectivity index (χ4v) is 4.08. The molecule has 1 heterocycles. The van der Waals surface area contributed by atoms with Crippen molar-refractivity contribution in [3.8, 4) is 11.5 Å². The predicted molar refractivity (Wildman–Crippen MR) is 139 cm³/mol. The molecule has 1 amide bonds. The monoisotopic (exact) mass is 469 g/mol. The lowest BCUT2D eigenvalue weighted by molar-refractivity contribution is 0.0953. The highest BCUT2D eigenvalue weighted by atomic mass is 16.5. The van der Waals surface area contributed by atoms with Gasteiger partial charge in [-0.1, -0.05) is 42.5 Å². The van der Waals surface area contributed by atoms with Crippen molar-refractivity contribution in [3.63, 3.8) is 0 Å². The molecule has 0 bridgehead atoms. The first-order valence-electron chi connectivity index (χ1n) is 11.9. The van der Waals surface area contributed by atoms with E-state index in [9.17, 15) is 4.79 Å². The molecule has 0 radical (unpaired) electrons. The number of hydrogen-bond acceptors (Lipinski definition) is 4. The minimum atomic E-state index is -0.0550. The summed E-state index contributed by atoms with van der Waals surface area (Å²) >= 11 is 0. The van der Waals surface area contributed by atoms with Crippen molar-refractivity contribution in [1.29, 1.82) is 0 Å². The molecule has 4 rings (SSSR count). The van der Waals surface area contributed by atoms with Crippen molar-refractivity contribution < 1.29 is 14.3 Å². The first-order valence-corrected chi connectivity index (χ1v) is 11.9. The van der Waals surface area contributed by atoms with E-state index >= 15 is 0 Å². The van der Waals surface area contributed by atoms with E-state index in [2.05, 4.69) is 22.5 Å². The Labute approximate surface area is 206 Å². The molecule has 0 aliphatic rings. The predicted octanol–water partition coefficient (Wildman–Crippen LogP) is 5.22. The Bertz CT molecular complexity index is 1280. The van der Waals surface area contributed by atoms with Crippen molar-refractivity contribution >= 4 is 16.9 Å². The van der Waals surface area contributed by atoms with Crippen molar-refractivity contribution in [2.45, 2.75) is 25.8 Å². The second kappa shape index (κ2) is 11.9. The van der Waals surface area contributed by atoms with E-state index in [-0.39, 0.29) is 5.91 Å². The molecule has 35 heavy (non-hydrogen) atoms. The van der Waals surface area contributed by atoms with Crippen LogP contribution in [0.15, 0.2) is 85.5 Å². The number of rotatable bonds is 12. The number of fused-ring (bicyclic) bond motifs is 1. The van der Waals surface area contributed by atoms with Gasteiger partial charge in [0.15, 0.2) is 11.5 Å². The van der Waals surface area contributed by atoms with Crippen LogP contribution in [-0.2, 0) is 19.4 Å². The van der Waals surface area contributed by atoms with E-state index < -0.39 is 0 Å². The van der Waals surface area contributed by atoms with Crippen molar-refractivity contribution in [2.24, 2.45) is 0 Å². The Kier molecular flexibility index (Phi) is 8.17. The van der Waals surface area contributed by atoms with Crippen LogP contribution in [0.1, 0.15) is 28.2 Å². The molecule has 0 aliphatic carbocycles. The summed E-state index contributed by atoms with van der Waals surface area (Å²) in [6.45, 7) is 5.52. The Balaban J connectivity index is 1.39. The number of para-hydroxylation sites is 2. The number of carbonyl (C=O) groups is 1. The maximum absolute atomic E-state index is 12.3. The van der Waals surface area contributed by atoms with Crippen molar-refractivity contribution in [1.82, 2.24) is 14.9 Å². The van der Waals surface area contributed by atoms with E-state index in [0.717, 1.165) is 47.4 Å². The standard InChI is InChI=1S/C29H31N3O3/c1-3-10-22-16-17-26(27(21-22)34-2)35-20-19-32-25-14-8-7-13-24(25)31-28(32)15-9-18-30-29(33)23-11-5-4-6-12-23/h3-8,11-14,16-17,21H,1,9-10,15,18-20H2,2H3,(H,30,33). The molecular weight excluding hydrogens is 438 g/mol. The lowest BCUT2D eigenvalue weighted by Gasteiger charge is -2.14. The van der Waals surface area contributed by atoms with Crippen LogP contribution in [0.3, 0.4) is 0 Å². The van der Waals surface area contributed by atoms with Gasteiger partial charge < -0.3 is 19.4 Å². The Morgan fingerprint density at radius 1 is 1.06 bits per heavy atom. The quantitative estimate of drug-likeness (QED) is 0.228. The number of nitrogens with zero attached hydrogens (tertiary/aromatic N) is 2. The fourth-order valence-electron chi connectivity index (χ4n) is 4.08. The third-order valence-electron chi connectivity index (χ3n) is 5.81. The van der Waals surface area contributed by atoms with Gasteiger partial charge in [-0.25, -0.2) is 4.98 Å². The number of amides is 1. The molecule has 180 valence electrons. The normalized spacial score (nSPS) is 10.8. The average Bonchev–Trinajstić information content (AvgIpc) is 3.25. The molecule has 0 aliphatic heterocycles. The van der Waals surface area contributed by atoms with Gasteiger partial charge in [0.1, 0.15) is 12.4 Å². The summed E-state index contributed by atoms with van der Waals surface area (Å²) < 4.78 is 13.8. The SMILES string of the molecule is C=CCc1ccc(OCCn2c(CCCNC(=O)c3ccccc3)nc3ccccc32)c(OC)c1. The molecule has 0 fully saturated rings. The topological polar surface area (TPSA) is 65.4 Å². The highest BCUT2D eigenvalue weighted by Gasteiger charge is 2.12. The van der Waals surface area contributed by atoms with E-state index in [1.165, 1.54) is 0 Å². The van der Waals surface area contributed by atoms with Crippen LogP contribution in [0.2, 0.25) is 0 Å². The summed E-state index contributed by atoms with van der Waals surface area (Å²) in [5, 5.41) is 2.99. The third kappa shape index (κ3) is 6.09. The number of allylic oxidation sites excluding steroid dienone is 1. The fraction of sp³-hybridized carbons (Fsp3) is 0.241. The summed E-state index contributed by atoms with van der Waals surface area (Å²) in [5.41, 5.74) is 3.84. The second-order valence-electron chi connectivity index (χ2n) is 8.22. The number of aryl methyl sites for hydroxylation is 1. The molecule has 1 N–H and O–H groups in total. The average molecular weight is 470 g/mol. The molecule has 4 aromatic rings. The zero-order valence-electron chi connectivity index (χ0n) is 20.1. The molecule has 0 saturated heterocycles. The number of methoxy groups -OCH3 is 1. The third-order valence-corrected chi connectivity index (χ3v) is 5.81. The second-order valence-corrected chi connectivity index (χ2v) is 8.22.